The molecule has 3 N–H and O–H groups in total. The summed E-state index contributed by atoms with van der Waals surface area (Å²) in [6.45, 7) is 0.124. The number of nitrogens with two attached hydrogens (primary N) is 1. The van der Waals surface area contributed by atoms with Gasteiger partial charge in [-0.15, -0.1) is 0 Å². The molecule has 1 aliphatic rings. The quantitative estimate of drug-likeness (QED) is 0.681. The van der Waals surface area contributed by atoms with Gasteiger partial charge >= 0.3 is 0 Å². The molecule has 0 heterocycles. The summed E-state index contributed by atoms with van der Waals surface area (Å²) in [5.41, 5.74) is 5.26. The zero-order valence-electron chi connectivity index (χ0n) is 10.6. The second kappa shape index (κ2) is 7.63. The first-order chi connectivity index (χ1) is 8.60. The van der Waals surface area contributed by atoms with Crippen LogP contribution in [0.1, 0.15) is 32.1 Å². The molecule has 0 aromatic heterocycles. The predicted molar refractivity (Wildman–Crippen MR) is 64.4 cm³/mol. The number of hydrogen-bond acceptors (Lipinski definition) is 3. The van der Waals surface area contributed by atoms with E-state index >= 15 is 0 Å². The first-order valence-corrected chi connectivity index (χ1v) is 6.45. The smallest absolute Gasteiger partial charge is 0.261 e. The van der Waals surface area contributed by atoms with E-state index in [0.29, 0.717) is 6.54 Å². The molecule has 6 heteroatoms. The SMILES string of the molecule is NCC1(C(=O)NCCOCC(F)F)CCCCC1. The first-order valence-electron chi connectivity index (χ1n) is 6.45. The third kappa shape index (κ3) is 4.49. The lowest BCUT2D eigenvalue weighted by atomic mass is 9.73. The lowest BCUT2D eigenvalue weighted by molar-refractivity contribution is -0.132. The molecule has 1 aliphatic carbocycles. The fraction of sp³-hybridized carbons (Fsp3) is 0.917. The fourth-order valence-corrected chi connectivity index (χ4v) is 2.35. The summed E-state index contributed by atoms with van der Waals surface area (Å²) < 4.78 is 28.3. The van der Waals surface area contributed by atoms with Gasteiger partial charge in [0.25, 0.3) is 6.43 Å². The fourth-order valence-electron chi connectivity index (χ4n) is 2.35. The van der Waals surface area contributed by atoms with E-state index in [9.17, 15) is 13.6 Å². The highest BCUT2D eigenvalue weighted by Crippen LogP contribution is 2.35. The number of nitrogens with one attached hydrogen (secondary N) is 1. The van der Waals surface area contributed by atoms with Gasteiger partial charge < -0.3 is 15.8 Å². The number of rotatable bonds is 7. The van der Waals surface area contributed by atoms with Crippen molar-refractivity contribution in [2.24, 2.45) is 11.1 Å². The molecule has 18 heavy (non-hydrogen) atoms. The molecule has 0 saturated heterocycles. The van der Waals surface area contributed by atoms with Gasteiger partial charge in [-0.05, 0) is 12.8 Å². The molecule has 0 aromatic rings. The van der Waals surface area contributed by atoms with Crippen molar-refractivity contribution >= 4 is 5.91 Å². The minimum atomic E-state index is -2.46. The van der Waals surface area contributed by atoms with Crippen LogP contribution in [-0.4, -0.2) is 38.6 Å². The number of alkyl halides is 2. The van der Waals surface area contributed by atoms with Gasteiger partial charge in [-0.2, -0.15) is 0 Å². The number of carbonyl (C=O) groups excluding carboxylic acids is 1. The molecule has 0 bridgehead atoms. The van der Waals surface area contributed by atoms with Crippen LogP contribution in [0.5, 0.6) is 0 Å². The first kappa shape index (κ1) is 15.3. The summed E-state index contributed by atoms with van der Waals surface area (Å²) in [6, 6.07) is 0. The van der Waals surface area contributed by atoms with Crippen LogP contribution in [0, 0.1) is 5.41 Å². The molecular formula is C12H22F2N2O2. The summed E-state index contributed by atoms with van der Waals surface area (Å²) >= 11 is 0. The Kier molecular flexibility index (Phi) is 6.49. The molecule has 0 atom stereocenters. The molecule has 1 rings (SSSR count). The van der Waals surface area contributed by atoms with E-state index in [1.54, 1.807) is 0 Å². The van der Waals surface area contributed by atoms with E-state index in [1.807, 2.05) is 0 Å². The second-order valence-electron chi connectivity index (χ2n) is 4.77. The van der Waals surface area contributed by atoms with Gasteiger partial charge in [0.2, 0.25) is 5.91 Å². The largest absolute Gasteiger partial charge is 0.374 e. The lowest BCUT2D eigenvalue weighted by Crippen LogP contribution is -2.47. The van der Waals surface area contributed by atoms with Crippen molar-refractivity contribution in [3.05, 3.63) is 0 Å². The third-order valence-electron chi connectivity index (χ3n) is 3.46. The highest BCUT2D eigenvalue weighted by atomic mass is 19.3. The van der Waals surface area contributed by atoms with Crippen molar-refractivity contribution < 1.29 is 18.3 Å². The van der Waals surface area contributed by atoms with Crippen LogP contribution in [0.2, 0.25) is 0 Å². The van der Waals surface area contributed by atoms with Crippen LogP contribution in [0.4, 0.5) is 8.78 Å². The number of carbonyl (C=O) groups is 1. The Morgan fingerprint density at radius 1 is 1.33 bits per heavy atom. The van der Waals surface area contributed by atoms with E-state index in [4.69, 9.17) is 10.5 Å². The molecule has 4 nitrogen and oxygen atoms in total. The molecular weight excluding hydrogens is 242 g/mol. The van der Waals surface area contributed by atoms with Crippen molar-refractivity contribution in [3.8, 4) is 0 Å². The third-order valence-corrected chi connectivity index (χ3v) is 3.46. The molecule has 1 amide bonds. The van der Waals surface area contributed by atoms with Gasteiger partial charge in [0.05, 0.1) is 12.0 Å². The van der Waals surface area contributed by atoms with E-state index in [2.05, 4.69) is 5.32 Å². The summed E-state index contributed by atoms with van der Waals surface area (Å²) in [5.74, 6) is -0.0645. The Morgan fingerprint density at radius 2 is 2.00 bits per heavy atom. The van der Waals surface area contributed by atoms with E-state index < -0.39 is 18.4 Å². The highest BCUT2D eigenvalue weighted by Gasteiger charge is 2.37. The van der Waals surface area contributed by atoms with Crippen molar-refractivity contribution in [1.82, 2.24) is 5.32 Å². The minimum Gasteiger partial charge on any atom is -0.374 e. The van der Waals surface area contributed by atoms with Crippen LogP contribution in [-0.2, 0) is 9.53 Å². The molecule has 0 unspecified atom stereocenters. The minimum absolute atomic E-state index is 0.0645. The van der Waals surface area contributed by atoms with Crippen molar-refractivity contribution in [1.29, 1.82) is 0 Å². The van der Waals surface area contributed by atoms with Crippen LogP contribution in [0.3, 0.4) is 0 Å². The molecule has 0 aromatic carbocycles. The average molecular weight is 264 g/mol. The van der Waals surface area contributed by atoms with Crippen molar-refractivity contribution in [2.45, 2.75) is 38.5 Å². The number of hydrogen-bond donors (Lipinski definition) is 2. The van der Waals surface area contributed by atoms with E-state index in [-0.39, 0.29) is 19.1 Å². The molecule has 0 radical (unpaired) electrons. The van der Waals surface area contributed by atoms with Gasteiger partial charge in [-0.1, -0.05) is 19.3 Å². The van der Waals surface area contributed by atoms with Gasteiger partial charge in [0, 0.05) is 13.1 Å². The Hall–Kier alpha value is -0.750. The number of amides is 1. The summed E-state index contributed by atoms with van der Waals surface area (Å²) in [7, 11) is 0. The maximum Gasteiger partial charge on any atom is 0.261 e. The maximum atomic E-state index is 12.1. The molecule has 0 spiro atoms. The van der Waals surface area contributed by atoms with E-state index in [0.717, 1.165) is 32.1 Å². The van der Waals surface area contributed by atoms with Gasteiger partial charge in [0.15, 0.2) is 0 Å². The zero-order valence-corrected chi connectivity index (χ0v) is 10.6. The predicted octanol–water partition coefficient (Wildman–Crippen LogP) is 1.29. The molecule has 1 saturated carbocycles. The van der Waals surface area contributed by atoms with Crippen LogP contribution in [0.15, 0.2) is 0 Å². The van der Waals surface area contributed by atoms with Gasteiger partial charge in [-0.25, -0.2) is 8.78 Å². The Balaban J connectivity index is 2.25. The van der Waals surface area contributed by atoms with Crippen molar-refractivity contribution in [2.75, 3.05) is 26.3 Å². The summed E-state index contributed by atoms with van der Waals surface area (Å²) in [5, 5.41) is 2.73. The van der Waals surface area contributed by atoms with Crippen molar-refractivity contribution in [3.63, 3.8) is 0 Å². The highest BCUT2D eigenvalue weighted by molar-refractivity contribution is 5.83. The Bertz CT molecular complexity index is 256. The topological polar surface area (TPSA) is 64.4 Å². The van der Waals surface area contributed by atoms with Crippen LogP contribution in [0.25, 0.3) is 0 Å². The second-order valence-corrected chi connectivity index (χ2v) is 4.77. The van der Waals surface area contributed by atoms with Crippen LogP contribution >= 0.6 is 0 Å². The Morgan fingerprint density at radius 3 is 2.56 bits per heavy atom. The maximum absolute atomic E-state index is 12.1. The average Bonchev–Trinajstić information content (AvgIpc) is 2.38. The summed E-state index contributed by atoms with van der Waals surface area (Å²) in [4.78, 5) is 12.1. The van der Waals surface area contributed by atoms with Gasteiger partial charge in [-0.3, -0.25) is 4.79 Å². The van der Waals surface area contributed by atoms with Crippen LogP contribution < -0.4 is 11.1 Å². The number of halogens is 2. The number of ether oxygens (including phenoxy) is 1. The summed E-state index contributed by atoms with van der Waals surface area (Å²) in [6.07, 6.45) is 2.35. The van der Waals surface area contributed by atoms with E-state index in [1.165, 1.54) is 0 Å². The monoisotopic (exact) mass is 264 g/mol. The Labute approximate surface area is 106 Å². The standard InChI is InChI=1S/C12H22F2N2O2/c13-10(14)8-18-7-6-16-11(17)12(9-15)4-2-1-3-5-12/h10H,1-9,15H2,(H,16,17). The van der Waals surface area contributed by atoms with Gasteiger partial charge in [0.1, 0.15) is 6.61 Å². The zero-order chi connectivity index (χ0) is 13.4. The lowest BCUT2D eigenvalue weighted by Gasteiger charge is -2.34. The molecule has 1 fully saturated rings. The normalized spacial score (nSPS) is 18.9. The molecule has 106 valence electrons. The molecule has 0 aliphatic heterocycles.